The zero-order valence-corrected chi connectivity index (χ0v) is 10.8. The Morgan fingerprint density at radius 2 is 1.72 bits per heavy atom. The molecule has 0 radical (unpaired) electrons. The number of rotatable bonds is 4. The molecule has 4 N–H and O–H groups in total. The average molecular weight is 240 g/mol. The smallest absolute Gasteiger partial charge is 0.0362 e. The van der Waals surface area contributed by atoms with Crippen LogP contribution in [0.2, 0.25) is 0 Å². The van der Waals surface area contributed by atoms with Crippen LogP contribution in [0.3, 0.4) is 0 Å². The molecule has 0 bridgehead atoms. The van der Waals surface area contributed by atoms with Crippen LogP contribution in [-0.4, -0.2) is 0 Å². The third kappa shape index (κ3) is 2.90. The summed E-state index contributed by atoms with van der Waals surface area (Å²) >= 11 is 0. The summed E-state index contributed by atoms with van der Waals surface area (Å²) in [6, 6.07) is 16.4. The molecule has 1 unspecified atom stereocenters. The molecule has 0 amide bonds. The lowest BCUT2D eigenvalue weighted by molar-refractivity contribution is 0.723. The van der Waals surface area contributed by atoms with Crippen LogP contribution in [0.25, 0.3) is 0 Å². The minimum atomic E-state index is -0.0427. The predicted molar refractivity (Wildman–Crippen MR) is 77.3 cm³/mol. The zero-order chi connectivity index (χ0) is 13.0. The Morgan fingerprint density at radius 1 is 1.00 bits per heavy atom. The fourth-order valence-corrected chi connectivity index (χ4v) is 2.14. The van der Waals surface area contributed by atoms with Gasteiger partial charge in [0.15, 0.2) is 0 Å². The molecule has 2 heteroatoms. The van der Waals surface area contributed by atoms with Crippen LogP contribution in [0.1, 0.15) is 29.7 Å². The minimum Gasteiger partial charge on any atom is -0.398 e. The van der Waals surface area contributed by atoms with Gasteiger partial charge in [0.05, 0.1) is 0 Å². The van der Waals surface area contributed by atoms with Crippen molar-refractivity contribution in [3.8, 4) is 0 Å². The van der Waals surface area contributed by atoms with E-state index in [2.05, 4.69) is 31.2 Å². The third-order valence-corrected chi connectivity index (χ3v) is 3.26. The molecule has 0 saturated carbocycles. The summed E-state index contributed by atoms with van der Waals surface area (Å²) in [6.45, 7) is 2.14. The van der Waals surface area contributed by atoms with E-state index in [1.807, 2.05) is 24.3 Å². The summed E-state index contributed by atoms with van der Waals surface area (Å²) in [4.78, 5) is 0. The van der Waals surface area contributed by atoms with Crippen molar-refractivity contribution in [3.63, 3.8) is 0 Å². The molecule has 0 aromatic heterocycles. The molecular weight excluding hydrogens is 220 g/mol. The van der Waals surface area contributed by atoms with E-state index < -0.39 is 0 Å². The zero-order valence-electron chi connectivity index (χ0n) is 10.8. The molecular formula is C16H20N2. The van der Waals surface area contributed by atoms with Crippen molar-refractivity contribution >= 4 is 5.69 Å². The number of nitrogen functional groups attached to an aromatic ring is 1. The Hall–Kier alpha value is -1.80. The highest BCUT2D eigenvalue weighted by atomic mass is 14.7. The Labute approximate surface area is 109 Å². The first-order chi connectivity index (χ1) is 8.70. The fraction of sp³-hybridized carbons (Fsp3) is 0.250. The second-order valence-electron chi connectivity index (χ2n) is 4.61. The van der Waals surface area contributed by atoms with Gasteiger partial charge in [-0.3, -0.25) is 0 Å². The number of aryl methyl sites for hydroxylation is 1. The van der Waals surface area contributed by atoms with Gasteiger partial charge in [0.2, 0.25) is 0 Å². The maximum atomic E-state index is 6.27. The SMILES string of the molecule is CCc1ccc(N)c(C(N)Cc2ccccc2)c1. The number of anilines is 1. The molecule has 0 saturated heterocycles. The quantitative estimate of drug-likeness (QED) is 0.807. The molecule has 2 nitrogen and oxygen atoms in total. The van der Waals surface area contributed by atoms with E-state index in [4.69, 9.17) is 11.5 Å². The van der Waals surface area contributed by atoms with Crippen molar-refractivity contribution in [2.75, 3.05) is 5.73 Å². The number of benzene rings is 2. The molecule has 0 aliphatic rings. The van der Waals surface area contributed by atoms with Gasteiger partial charge in [0.1, 0.15) is 0 Å². The maximum absolute atomic E-state index is 6.27. The van der Waals surface area contributed by atoms with E-state index in [0.717, 1.165) is 24.1 Å². The van der Waals surface area contributed by atoms with Gasteiger partial charge in [-0.1, -0.05) is 49.4 Å². The van der Waals surface area contributed by atoms with Crippen LogP contribution >= 0.6 is 0 Å². The van der Waals surface area contributed by atoms with Crippen LogP contribution in [0.15, 0.2) is 48.5 Å². The maximum Gasteiger partial charge on any atom is 0.0362 e. The molecule has 18 heavy (non-hydrogen) atoms. The highest BCUT2D eigenvalue weighted by Crippen LogP contribution is 2.23. The summed E-state index contributed by atoms with van der Waals surface area (Å²) in [7, 11) is 0. The van der Waals surface area contributed by atoms with E-state index in [1.165, 1.54) is 11.1 Å². The number of hydrogen-bond donors (Lipinski definition) is 2. The molecule has 0 aliphatic carbocycles. The van der Waals surface area contributed by atoms with Gasteiger partial charge in [-0.15, -0.1) is 0 Å². The molecule has 0 aliphatic heterocycles. The standard InChI is InChI=1S/C16H20N2/c1-2-12-8-9-15(17)14(10-12)16(18)11-13-6-4-3-5-7-13/h3-10,16H,2,11,17-18H2,1H3. The van der Waals surface area contributed by atoms with Crippen molar-refractivity contribution in [2.45, 2.75) is 25.8 Å². The highest BCUT2D eigenvalue weighted by molar-refractivity contribution is 5.50. The molecule has 0 fully saturated rings. The van der Waals surface area contributed by atoms with E-state index >= 15 is 0 Å². The summed E-state index contributed by atoms with van der Waals surface area (Å²) in [5.74, 6) is 0. The lowest BCUT2D eigenvalue weighted by atomic mass is 9.96. The van der Waals surface area contributed by atoms with Crippen LogP contribution in [0.5, 0.6) is 0 Å². The van der Waals surface area contributed by atoms with E-state index in [1.54, 1.807) is 0 Å². The first-order valence-corrected chi connectivity index (χ1v) is 6.38. The van der Waals surface area contributed by atoms with Crippen LogP contribution in [-0.2, 0) is 12.8 Å². The highest BCUT2D eigenvalue weighted by Gasteiger charge is 2.10. The van der Waals surface area contributed by atoms with Crippen LogP contribution < -0.4 is 11.5 Å². The number of nitrogens with two attached hydrogens (primary N) is 2. The molecule has 94 valence electrons. The third-order valence-electron chi connectivity index (χ3n) is 3.26. The van der Waals surface area contributed by atoms with Crippen LogP contribution in [0, 0.1) is 0 Å². The molecule has 2 rings (SSSR count). The average Bonchev–Trinajstić information content (AvgIpc) is 2.40. The second-order valence-corrected chi connectivity index (χ2v) is 4.61. The lowest BCUT2D eigenvalue weighted by Crippen LogP contribution is -2.15. The summed E-state index contributed by atoms with van der Waals surface area (Å²) < 4.78 is 0. The predicted octanol–water partition coefficient (Wildman–Crippen LogP) is 3.07. The van der Waals surface area contributed by atoms with Crippen LogP contribution in [0.4, 0.5) is 5.69 Å². The van der Waals surface area contributed by atoms with Gasteiger partial charge in [0, 0.05) is 11.7 Å². The number of hydrogen-bond acceptors (Lipinski definition) is 2. The van der Waals surface area contributed by atoms with Gasteiger partial charge in [-0.2, -0.15) is 0 Å². The summed E-state index contributed by atoms with van der Waals surface area (Å²) in [6.07, 6.45) is 1.82. The van der Waals surface area contributed by atoms with Crippen molar-refractivity contribution in [1.29, 1.82) is 0 Å². The largest absolute Gasteiger partial charge is 0.398 e. The molecule has 2 aromatic carbocycles. The van der Waals surface area contributed by atoms with E-state index in [0.29, 0.717) is 0 Å². The topological polar surface area (TPSA) is 52.0 Å². The molecule has 1 atom stereocenters. The van der Waals surface area contributed by atoms with Crippen molar-refractivity contribution < 1.29 is 0 Å². The van der Waals surface area contributed by atoms with E-state index in [9.17, 15) is 0 Å². The fourth-order valence-electron chi connectivity index (χ4n) is 2.14. The Kier molecular flexibility index (Phi) is 4.00. The first kappa shape index (κ1) is 12.7. The van der Waals surface area contributed by atoms with Gasteiger partial charge < -0.3 is 11.5 Å². The molecule has 0 heterocycles. The second kappa shape index (κ2) is 5.69. The monoisotopic (exact) mass is 240 g/mol. The lowest BCUT2D eigenvalue weighted by Gasteiger charge is -2.15. The molecule has 0 spiro atoms. The molecule has 2 aromatic rings. The summed E-state index contributed by atoms with van der Waals surface area (Å²) in [5, 5.41) is 0. The van der Waals surface area contributed by atoms with Gasteiger partial charge in [0.25, 0.3) is 0 Å². The van der Waals surface area contributed by atoms with Crippen molar-refractivity contribution in [2.24, 2.45) is 5.73 Å². The Balaban J connectivity index is 2.20. The Bertz CT molecular complexity index is 506. The summed E-state index contributed by atoms with van der Waals surface area (Å²) in [5.41, 5.74) is 16.7. The minimum absolute atomic E-state index is 0.0427. The normalized spacial score (nSPS) is 12.3. The first-order valence-electron chi connectivity index (χ1n) is 6.38. The van der Waals surface area contributed by atoms with Gasteiger partial charge in [-0.05, 0) is 35.6 Å². The van der Waals surface area contributed by atoms with Gasteiger partial charge >= 0.3 is 0 Å². The van der Waals surface area contributed by atoms with Crippen molar-refractivity contribution in [1.82, 2.24) is 0 Å². The van der Waals surface area contributed by atoms with Gasteiger partial charge in [-0.25, -0.2) is 0 Å². The van der Waals surface area contributed by atoms with E-state index in [-0.39, 0.29) is 6.04 Å². The Morgan fingerprint density at radius 3 is 2.39 bits per heavy atom. The van der Waals surface area contributed by atoms with Crippen molar-refractivity contribution in [3.05, 3.63) is 65.2 Å².